The van der Waals surface area contributed by atoms with E-state index in [9.17, 15) is 0 Å². The van der Waals surface area contributed by atoms with Crippen LogP contribution < -0.4 is 5.32 Å². The Morgan fingerprint density at radius 3 is 2.75 bits per heavy atom. The third-order valence-corrected chi connectivity index (χ3v) is 3.42. The summed E-state index contributed by atoms with van der Waals surface area (Å²) in [4.78, 5) is 0. The molecular formula is C14H14N6. The summed E-state index contributed by atoms with van der Waals surface area (Å²) in [6, 6.07) is 12.4. The zero-order chi connectivity index (χ0) is 13.4. The zero-order valence-corrected chi connectivity index (χ0v) is 10.9. The Morgan fingerprint density at radius 2 is 1.95 bits per heavy atom. The third-order valence-electron chi connectivity index (χ3n) is 3.42. The smallest absolute Gasteiger partial charge is 0.178 e. The Balaban J connectivity index is 1.61. The number of fused-ring (bicyclic) bond motifs is 1. The molecule has 2 aromatic heterocycles. The van der Waals surface area contributed by atoms with Crippen molar-refractivity contribution in [2.75, 3.05) is 0 Å². The lowest BCUT2D eigenvalue weighted by atomic mass is 10.3. The molecular weight excluding hydrogens is 252 g/mol. The van der Waals surface area contributed by atoms with Gasteiger partial charge >= 0.3 is 0 Å². The van der Waals surface area contributed by atoms with Gasteiger partial charge in [0.1, 0.15) is 5.52 Å². The number of hydrogen-bond donors (Lipinski definition) is 1. The number of para-hydroxylation sites is 1. The van der Waals surface area contributed by atoms with Crippen LogP contribution in [0.25, 0.3) is 16.9 Å². The van der Waals surface area contributed by atoms with E-state index in [1.165, 1.54) is 12.8 Å². The molecule has 4 rings (SSSR count). The van der Waals surface area contributed by atoms with Gasteiger partial charge in [0.25, 0.3) is 0 Å². The normalized spacial score (nSPS) is 14.8. The Morgan fingerprint density at radius 1 is 1.05 bits per heavy atom. The lowest BCUT2D eigenvalue weighted by molar-refractivity contribution is 0.661. The predicted octanol–water partition coefficient (Wildman–Crippen LogP) is 1.46. The van der Waals surface area contributed by atoms with Crippen molar-refractivity contribution in [1.82, 2.24) is 30.5 Å². The van der Waals surface area contributed by atoms with Crippen LogP contribution in [0.5, 0.6) is 0 Å². The molecule has 1 saturated carbocycles. The first-order valence-electron chi connectivity index (χ1n) is 6.77. The number of hydrogen-bond acceptors (Lipinski definition) is 5. The second kappa shape index (κ2) is 4.64. The molecule has 0 bridgehead atoms. The molecule has 6 heteroatoms. The van der Waals surface area contributed by atoms with E-state index in [1.807, 2.05) is 36.4 Å². The van der Waals surface area contributed by atoms with Gasteiger partial charge in [0.2, 0.25) is 0 Å². The number of rotatable bonds is 4. The molecule has 1 fully saturated rings. The van der Waals surface area contributed by atoms with Crippen molar-refractivity contribution in [3.05, 3.63) is 42.1 Å². The van der Waals surface area contributed by atoms with Crippen LogP contribution in [-0.4, -0.2) is 31.2 Å². The van der Waals surface area contributed by atoms with E-state index in [0.717, 1.165) is 23.3 Å². The van der Waals surface area contributed by atoms with Gasteiger partial charge in [-0.15, -0.1) is 10.2 Å². The van der Waals surface area contributed by atoms with Gasteiger partial charge in [-0.2, -0.15) is 9.78 Å². The standard InChI is InChI=1S/C14H14N6/c1-2-4-13-12(3-1)17-19-20(13)14-8-7-11(16-18-14)9-15-10-5-6-10/h1-4,7-8,10,15H,5-6,9H2. The van der Waals surface area contributed by atoms with E-state index in [2.05, 4.69) is 25.8 Å². The maximum atomic E-state index is 4.24. The second-order valence-corrected chi connectivity index (χ2v) is 5.03. The molecule has 0 radical (unpaired) electrons. The molecule has 0 saturated heterocycles. The van der Waals surface area contributed by atoms with Crippen LogP contribution in [0.1, 0.15) is 18.5 Å². The van der Waals surface area contributed by atoms with Crippen molar-refractivity contribution in [1.29, 1.82) is 0 Å². The van der Waals surface area contributed by atoms with Gasteiger partial charge in [0, 0.05) is 12.6 Å². The SMILES string of the molecule is c1ccc2c(c1)nnn2-c1ccc(CNC2CC2)nn1. The average Bonchev–Trinajstić information content (AvgIpc) is 3.23. The molecule has 0 amide bonds. The Bertz CT molecular complexity index is 729. The van der Waals surface area contributed by atoms with E-state index in [0.29, 0.717) is 11.9 Å². The molecule has 1 aliphatic rings. The fourth-order valence-corrected chi connectivity index (χ4v) is 2.13. The first kappa shape index (κ1) is 11.5. The van der Waals surface area contributed by atoms with E-state index in [4.69, 9.17) is 0 Å². The highest BCUT2D eigenvalue weighted by Crippen LogP contribution is 2.19. The highest BCUT2D eigenvalue weighted by Gasteiger charge is 2.20. The molecule has 3 aromatic rings. The summed E-state index contributed by atoms with van der Waals surface area (Å²) in [5.74, 6) is 0.689. The number of aromatic nitrogens is 5. The van der Waals surface area contributed by atoms with Crippen LogP contribution in [0.2, 0.25) is 0 Å². The summed E-state index contributed by atoms with van der Waals surface area (Å²) in [5, 5.41) is 20.1. The van der Waals surface area contributed by atoms with Gasteiger partial charge in [0.05, 0.1) is 11.2 Å². The molecule has 100 valence electrons. The van der Waals surface area contributed by atoms with Crippen LogP contribution in [-0.2, 0) is 6.54 Å². The molecule has 0 unspecified atom stereocenters. The van der Waals surface area contributed by atoms with Gasteiger partial charge in [0.15, 0.2) is 5.82 Å². The van der Waals surface area contributed by atoms with Crippen molar-refractivity contribution in [2.24, 2.45) is 0 Å². The van der Waals surface area contributed by atoms with Crippen LogP contribution in [0.3, 0.4) is 0 Å². The van der Waals surface area contributed by atoms with E-state index >= 15 is 0 Å². The quantitative estimate of drug-likeness (QED) is 0.774. The summed E-state index contributed by atoms with van der Waals surface area (Å²) in [5.41, 5.74) is 2.74. The van der Waals surface area contributed by atoms with Crippen molar-refractivity contribution in [3.63, 3.8) is 0 Å². The van der Waals surface area contributed by atoms with Gasteiger partial charge in [-0.25, -0.2) is 0 Å². The fraction of sp³-hybridized carbons (Fsp3) is 0.286. The number of nitrogens with zero attached hydrogens (tertiary/aromatic N) is 5. The lowest BCUT2D eigenvalue weighted by Gasteiger charge is -2.03. The Labute approximate surface area is 115 Å². The first-order chi connectivity index (χ1) is 9.90. The van der Waals surface area contributed by atoms with Crippen LogP contribution in [0, 0.1) is 0 Å². The maximum Gasteiger partial charge on any atom is 0.178 e. The van der Waals surface area contributed by atoms with Crippen molar-refractivity contribution >= 4 is 11.0 Å². The summed E-state index contributed by atoms with van der Waals surface area (Å²) in [6.45, 7) is 0.774. The summed E-state index contributed by atoms with van der Waals surface area (Å²) >= 11 is 0. The monoisotopic (exact) mass is 266 g/mol. The molecule has 0 spiro atoms. The minimum atomic E-state index is 0.677. The summed E-state index contributed by atoms with van der Waals surface area (Å²) in [7, 11) is 0. The average molecular weight is 266 g/mol. The van der Waals surface area contributed by atoms with Gasteiger partial charge in [-0.05, 0) is 37.1 Å². The maximum absolute atomic E-state index is 4.24. The molecule has 2 heterocycles. The van der Waals surface area contributed by atoms with E-state index in [-0.39, 0.29) is 0 Å². The van der Waals surface area contributed by atoms with Crippen LogP contribution in [0.4, 0.5) is 0 Å². The zero-order valence-electron chi connectivity index (χ0n) is 10.9. The third kappa shape index (κ3) is 2.14. The Kier molecular flexibility index (Phi) is 2.67. The van der Waals surface area contributed by atoms with Crippen LogP contribution >= 0.6 is 0 Å². The molecule has 20 heavy (non-hydrogen) atoms. The molecule has 1 N–H and O–H groups in total. The lowest BCUT2D eigenvalue weighted by Crippen LogP contribution is -2.16. The van der Waals surface area contributed by atoms with Gasteiger partial charge in [-0.1, -0.05) is 17.3 Å². The fourth-order valence-electron chi connectivity index (χ4n) is 2.13. The van der Waals surface area contributed by atoms with Gasteiger partial charge in [-0.3, -0.25) is 0 Å². The van der Waals surface area contributed by atoms with Crippen molar-refractivity contribution in [3.8, 4) is 5.82 Å². The van der Waals surface area contributed by atoms with Crippen LogP contribution in [0.15, 0.2) is 36.4 Å². The Hall–Kier alpha value is -2.34. The second-order valence-electron chi connectivity index (χ2n) is 5.03. The van der Waals surface area contributed by atoms with Gasteiger partial charge < -0.3 is 5.32 Å². The molecule has 1 aromatic carbocycles. The highest BCUT2D eigenvalue weighted by molar-refractivity contribution is 5.75. The molecule has 1 aliphatic carbocycles. The van der Waals surface area contributed by atoms with Crippen molar-refractivity contribution < 1.29 is 0 Å². The minimum Gasteiger partial charge on any atom is -0.308 e. The van der Waals surface area contributed by atoms with E-state index in [1.54, 1.807) is 4.68 Å². The van der Waals surface area contributed by atoms with Crippen molar-refractivity contribution in [2.45, 2.75) is 25.4 Å². The first-order valence-corrected chi connectivity index (χ1v) is 6.77. The number of benzene rings is 1. The number of nitrogens with one attached hydrogen (secondary N) is 1. The summed E-state index contributed by atoms with van der Waals surface area (Å²) < 4.78 is 1.71. The van der Waals surface area contributed by atoms with E-state index < -0.39 is 0 Å². The molecule has 0 aliphatic heterocycles. The highest BCUT2D eigenvalue weighted by atomic mass is 15.5. The predicted molar refractivity (Wildman–Crippen MR) is 74.3 cm³/mol. The molecule has 0 atom stereocenters. The largest absolute Gasteiger partial charge is 0.308 e. The molecule has 6 nitrogen and oxygen atoms in total. The minimum absolute atomic E-state index is 0.677. The summed E-state index contributed by atoms with van der Waals surface area (Å²) in [6.07, 6.45) is 2.55. The topological polar surface area (TPSA) is 68.5 Å².